The monoisotopic (exact) mass is 268 g/mol. The molecule has 0 radical (unpaired) electrons. The van der Waals surface area contributed by atoms with Crippen LogP contribution in [0.4, 0.5) is 5.69 Å². The molecule has 3 rings (SSSR count). The zero-order valence-electron chi connectivity index (χ0n) is 10.7. The summed E-state index contributed by atoms with van der Waals surface area (Å²) in [5.41, 5.74) is 6.11. The number of hydrogen-bond acceptors (Lipinski definition) is 4. The van der Waals surface area contributed by atoms with Crippen molar-refractivity contribution in [3.05, 3.63) is 78.6 Å². The predicted octanol–water partition coefficient (Wildman–Crippen LogP) is 2.60. The molecular formula is C15H13N5. The van der Waals surface area contributed by atoms with Crippen molar-refractivity contribution in [2.75, 3.05) is 5.43 Å². The first-order valence-corrected chi connectivity index (χ1v) is 6.21. The number of benzene rings is 1. The summed E-state index contributed by atoms with van der Waals surface area (Å²) in [6, 6.07) is 9.86. The van der Waals surface area contributed by atoms with Gasteiger partial charge in [-0.15, -0.1) is 10.2 Å². The lowest BCUT2D eigenvalue weighted by atomic mass is 10.2. The van der Waals surface area contributed by atoms with Crippen LogP contribution in [0.3, 0.4) is 0 Å². The van der Waals surface area contributed by atoms with Gasteiger partial charge in [0.05, 0.1) is 5.69 Å². The highest BCUT2D eigenvalue weighted by Crippen LogP contribution is 2.18. The predicted molar refractivity (Wildman–Crippen MR) is 79.3 cm³/mol. The first-order valence-electron chi connectivity index (χ1n) is 6.21. The van der Waals surface area contributed by atoms with Crippen LogP contribution in [0.25, 0.3) is 0 Å². The lowest BCUT2D eigenvalue weighted by molar-refractivity contribution is 0.945. The molecule has 1 aromatic carbocycles. The van der Waals surface area contributed by atoms with Crippen LogP contribution in [0.5, 0.6) is 0 Å². The molecule has 1 aliphatic carbocycles. The molecule has 0 spiro atoms. The molecule has 0 fully saturated rings. The second-order valence-electron chi connectivity index (χ2n) is 4.17. The van der Waals surface area contributed by atoms with Crippen LogP contribution in [-0.4, -0.2) is 21.1 Å². The van der Waals surface area contributed by atoms with Gasteiger partial charge in [0, 0.05) is 23.6 Å². The SMILES string of the molecule is C1=CC(=C[15NH][15n]2c[15n][15n]c2)C(C=[15N]c2ccccc2)=C1. The van der Waals surface area contributed by atoms with Gasteiger partial charge in [0.1, 0.15) is 12.7 Å². The van der Waals surface area contributed by atoms with E-state index >= 15 is 0 Å². The number of allylic oxidation sites excluding steroid dienone is 5. The molecule has 0 atom stereocenters. The van der Waals surface area contributed by atoms with E-state index in [1.165, 1.54) is 0 Å². The van der Waals surface area contributed by atoms with Crippen molar-refractivity contribution in [1.82, 2.24) is 14.9 Å². The standard InChI is InChI=1S/C15H13N5/c1-2-7-15(8-3-1)16-9-13-5-4-6-14(13)10-19-20-11-17-18-12-20/h1-12,19H/i16+1,17+1,18+1,19+1,20+1. The van der Waals surface area contributed by atoms with Crippen molar-refractivity contribution in [2.24, 2.45) is 4.99 Å². The number of aliphatic imine (C=N–C) groups is 1. The maximum absolute atomic E-state index is 4.45. The fraction of sp³-hybridized carbons (Fsp3) is 0. The number of aromatic nitrogens is 3. The van der Waals surface area contributed by atoms with Crippen LogP contribution in [0, 0.1) is 0 Å². The summed E-state index contributed by atoms with van der Waals surface area (Å²) in [6.45, 7) is 0. The van der Waals surface area contributed by atoms with Crippen LogP contribution in [0.2, 0.25) is 0 Å². The lowest BCUT2D eigenvalue weighted by Gasteiger charge is -2.02. The summed E-state index contributed by atoms with van der Waals surface area (Å²) >= 11 is 0. The zero-order chi connectivity index (χ0) is 13.6. The second kappa shape index (κ2) is 5.79. The first-order chi connectivity index (χ1) is 9.92. The Morgan fingerprint density at radius 1 is 1.10 bits per heavy atom. The van der Waals surface area contributed by atoms with Gasteiger partial charge < -0.3 is 0 Å². The number of hydrogen-bond donors (Lipinski definition) is 1. The molecule has 0 amide bonds. The van der Waals surface area contributed by atoms with Gasteiger partial charge in [-0.3, -0.25) is 10.4 Å². The average Bonchev–Trinajstić information content (AvgIpc) is 3.15. The third kappa shape index (κ3) is 2.89. The smallest absolute Gasteiger partial charge is 0.139 e. The van der Waals surface area contributed by atoms with Crippen molar-refractivity contribution in [1.29, 1.82) is 0 Å². The Labute approximate surface area is 116 Å². The van der Waals surface area contributed by atoms with E-state index in [1.807, 2.05) is 61.0 Å². The van der Waals surface area contributed by atoms with Crippen molar-refractivity contribution in [3.63, 3.8) is 0 Å². The third-order valence-electron chi connectivity index (χ3n) is 2.78. The molecule has 20 heavy (non-hydrogen) atoms. The largest absolute Gasteiger partial charge is 0.299 e. The van der Waals surface area contributed by atoms with E-state index < -0.39 is 0 Å². The highest BCUT2D eigenvalue weighted by molar-refractivity contribution is 5.89. The molecule has 2 aromatic rings. The molecule has 0 unspecified atom stereocenters. The highest BCUT2D eigenvalue weighted by Gasteiger charge is 2.03. The molecule has 1 heterocycles. The van der Waals surface area contributed by atoms with E-state index in [2.05, 4.69) is 20.6 Å². The van der Waals surface area contributed by atoms with Gasteiger partial charge in [0.25, 0.3) is 0 Å². The zero-order valence-corrected chi connectivity index (χ0v) is 10.7. The highest BCUT2D eigenvalue weighted by atomic mass is 16.3. The Morgan fingerprint density at radius 3 is 2.70 bits per heavy atom. The van der Waals surface area contributed by atoms with Crippen molar-refractivity contribution < 1.29 is 0 Å². The second-order valence-corrected chi connectivity index (χ2v) is 4.17. The van der Waals surface area contributed by atoms with Crippen molar-refractivity contribution in [3.8, 4) is 0 Å². The average molecular weight is 268 g/mol. The minimum atomic E-state index is 0.936. The van der Waals surface area contributed by atoms with E-state index in [0.717, 1.165) is 16.8 Å². The Kier molecular flexibility index (Phi) is 3.51. The van der Waals surface area contributed by atoms with Gasteiger partial charge in [-0.1, -0.05) is 36.4 Å². The quantitative estimate of drug-likeness (QED) is 0.685. The minimum Gasteiger partial charge on any atom is -0.299 e. The Balaban J connectivity index is 1.70. The molecule has 5 heteroatoms. The topological polar surface area (TPSA) is 55.1 Å². The molecule has 98 valence electrons. The van der Waals surface area contributed by atoms with Crippen LogP contribution in [0.15, 0.2) is 83.6 Å². The molecule has 0 aliphatic heterocycles. The van der Waals surface area contributed by atoms with E-state index in [1.54, 1.807) is 17.3 Å². The molecule has 1 aliphatic rings. The van der Waals surface area contributed by atoms with Gasteiger partial charge in [-0.2, -0.15) is 0 Å². The maximum Gasteiger partial charge on any atom is 0.139 e. The van der Waals surface area contributed by atoms with Gasteiger partial charge in [-0.25, -0.2) is 4.68 Å². The van der Waals surface area contributed by atoms with E-state index in [0.29, 0.717) is 0 Å². The van der Waals surface area contributed by atoms with E-state index in [4.69, 9.17) is 0 Å². The Bertz CT molecular complexity index is 678. The van der Waals surface area contributed by atoms with Crippen LogP contribution in [-0.2, 0) is 0 Å². The Morgan fingerprint density at radius 2 is 1.90 bits per heavy atom. The third-order valence-corrected chi connectivity index (χ3v) is 2.78. The summed E-state index contributed by atoms with van der Waals surface area (Å²) in [5.74, 6) is 0. The molecule has 0 saturated carbocycles. The Hall–Kier alpha value is -2.95. The van der Waals surface area contributed by atoms with Gasteiger partial charge >= 0.3 is 0 Å². The summed E-state index contributed by atoms with van der Waals surface area (Å²) in [5, 5.41) is 7.45. The van der Waals surface area contributed by atoms with E-state index in [-0.39, 0.29) is 0 Å². The summed E-state index contributed by atoms with van der Waals surface area (Å²) in [7, 11) is 0. The van der Waals surface area contributed by atoms with Crippen LogP contribution in [0.1, 0.15) is 0 Å². The summed E-state index contributed by atoms with van der Waals surface area (Å²) < 4.78 is 1.67. The first kappa shape index (κ1) is 12.1. The van der Waals surface area contributed by atoms with E-state index in [9.17, 15) is 0 Å². The van der Waals surface area contributed by atoms with Crippen molar-refractivity contribution >= 4 is 11.9 Å². The molecule has 0 saturated heterocycles. The molecule has 1 N–H and O–H groups in total. The number of nitrogens with one attached hydrogen (secondary N) is 1. The van der Waals surface area contributed by atoms with Gasteiger partial charge in [0.2, 0.25) is 0 Å². The fourth-order valence-electron chi connectivity index (χ4n) is 1.77. The van der Waals surface area contributed by atoms with Crippen molar-refractivity contribution in [2.45, 2.75) is 0 Å². The minimum absolute atomic E-state index is 0.936. The number of para-hydroxylation sites is 1. The lowest BCUT2D eigenvalue weighted by Crippen LogP contribution is -2.06. The normalized spacial score (nSPS) is 16.0. The van der Waals surface area contributed by atoms with Gasteiger partial charge in [-0.05, 0) is 12.1 Å². The van der Waals surface area contributed by atoms with Gasteiger partial charge in [0.15, 0.2) is 0 Å². The molecular weight excluding hydrogens is 255 g/mol. The molecule has 1 aromatic heterocycles. The number of nitrogens with zero attached hydrogens (tertiary/aromatic N) is 4. The molecule has 0 bridgehead atoms. The van der Waals surface area contributed by atoms with Crippen LogP contribution < -0.4 is 5.43 Å². The van der Waals surface area contributed by atoms with Crippen LogP contribution >= 0.6 is 0 Å². The maximum atomic E-state index is 4.45. The molecule has 5 nitrogen and oxygen atoms in total. The summed E-state index contributed by atoms with van der Waals surface area (Å²) in [4.78, 5) is 4.45. The summed E-state index contributed by atoms with van der Waals surface area (Å²) in [6.07, 6.45) is 13.0. The number of rotatable bonds is 4. The fourth-order valence-corrected chi connectivity index (χ4v) is 1.77.